The number of nitrogens with one attached hydrogen (secondary N) is 1. The summed E-state index contributed by atoms with van der Waals surface area (Å²) in [7, 11) is -1.68. The molecule has 20 heavy (non-hydrogen) atoms. The predicted octanol–water partition coefficient (Wildman–Crippen LogP) is 4.17. The summed E-state index contributed by atoms with van der Waals surface area (Å²) in [5.74, 6) is 1.10. The molecule has 0 aliphatic rings. The van der Waals surface area contributed by atoms with Crippen molar-refractivity contribution >= 4 is 25.8 Å². The van der Waals surface area contributed by atoms with E-state index in [4.69, 9.17) is 16.0 Å². The van der Waals surface area contributed by atoms with E-state index >= 15 is 0 Å². The minimum absolute atomic E-state index is 0.120. The lowest BCUT2D eigenvalue weighted by Gasteiger charge is -2.37. The van der Waals surface area contributed by atoms with Crippen LogP contribution in [0.4, 0.5) is 0 Å². The van der Waals surface area contributed by atoms with Gasteiger partial charge in [0.2, 0.25) is 5.91 Å². The normalized spacial score (nSPS) is 14.2. The highest BCUT2D eigenvalue weighted by Gasteiger charge is 2.37. The average Bonchev–Trinajstić information content (AvgIpc) is 2.33. The maximum absolute atomic E-state index is 11.6. The summed E-state index contributed by atoms with van der Waals surface area (Å²) in [5, 5.41) is 3.20. The molecule has 0 rings (SSSR count). The summed E-state index contributed by atoms with van der Waals surface area (Å²) < 4.78 is 6.16. The number of halogens is 1. The number of alkyl halides is 1. The molecule has 1 atom stereocenters. The number of amides is 1. The van der Waals surface area contributed by atoms with Gasteiger partial charge in [-0.3, -0.25) is 4.79 Å². The highest BCUT2D eigenvalue weighted by Crippen LogP contribution is 2.36. The molecule has 1 amide bonds. The van der Waals surface area contributed by atoms with Crippen molar-refractivity contribution in [1.82, 2.24) is 5.32 Å². The topological polar surface area (TPSA) is 38.3 Å². The molecule has 0 bridgehead atoms. The van der Waals surface area contributed by atoms with E-state index in [1.165, 1.54) is 0 Å². The van der Waals surface area contributed by atoms with Gasteiger partial charge in [0.05, 0.1) is 0 Å². The summed E-state index contributed by atoms with van der Waals surface area (Å²) in [6, 6.07) is 0. The molecule has 0 radical (unpaired) electrons. The molecule has 0 spiro atoms. The van der Waals surface area contributed by atoms with Gasteiger partial charge in [-0.1, -0.05) is 27.7 Å². The fourth-order valence-electron chi connectivity index (χ4n) is 1.38. The Bertz CT molecular complexity index is 290. The number of carbonyl (C=O) groups is 1. The summed E-state index contributed by atoms with van der Waals surface area (Å²) in [6.45, 7) is 14.8. The van der Waals surface area contributed by atoms with Gasteiger partial charge in [-0.05, 0) is 36.9 Å². The van der Waals surface area contributed by atoms with Crippen LogP contribution in [-0.2, 0) is 9.22 Å². The van der Waals surface area contributed by atoms with Gasteiger partial charge in [0, 0.05) is 25.5 Å². The molecule has 120 valence electrons. The zero-order valence-corrected chi connectivity index (χ0v) is 15.8. The molecule has 3 nitrogen and oxygen atoms in total. The molecule has 1 N–H and O–H groups in total. The third-order valence-corrected chi connectivity index (χ3v) is 8.74. The molecule has 0 aliphatic heterocycles. The minimum Gasteiger partial charge on any atom is -0.416 e. The average molecular weight is 322 g/mol. The summed E-state index contributed by atoms with van der Waals surface area (Å²) >= 11 is 5.59. The Kier molecular flexibility index (Phi) is 9.03. The highest BCUT2D eigenvalue weighted by atomic mass is 35.5. The second-order valence-corrected chi connectivity index (χ2v) is 12.3. The van der Waals surface area contributed by atoms with Crippen LogP contribution in [0.1, 0.15) is 47.0 Å². The Morgan fingerprint density at radius 3 is 2.40 bits per heavy atom. The Balaban J connectivity index is 3.89. The van der Waals surface area contributed by atoms with E-state index in [1.54, 1.807) is 0 Å². The fourth-order valence-corrected chi connectivity index (χ4v) is 2.71. The van der Waals surface area contributed by atoms with Gasteiger partial charge < -0.3 is 9.74 Å². The van der Waals surface area contributed by atoms with Gasteiger partial charge in [-0.2, -0.15) is 0 Å². The van der Waals surface area contributed by atoms with Crippen LogP contribution < -0.4 is 5.32 Å². The van der Waals surface area contributed by atoms with E-state index in [9.17, 15) is 4.79 Å². The van der Waals surface area contributed by atoms with Crippen LogP contribution in [0.25, 0.3) is 0 Å². The molecule has 0 aromatic heterocycles. The summed E-state index contributed by atoms with van der Waals surface area (Å²) in [4.78, 5) is 11.6. The lowest BCUT2D eigenvalue weighted by molar-refractivity contribution is -0.121. The summed E-state index contributed by atoms with van der Waals surface area (Å²) in [6.07, 6.45) is 2.34. The van der Waals surface area contributed by atoms with Crippen molar-refractivity contribution in [1.29, 1.82) is 0 Å². The van der Waals surface area contributed by atoms with E-state index in [2.05, 4.69) is 46.1 Å². The zero-order chi connectivity index (χ0) is 15.8. The molecule has 0 saturated carbocycles. The quantitative estimate of drug-likeness (QED) is 0.393. The number of hydrogen-bond acceptors (Lipinski definition) is 2. The molecule has 0 saturated heterocycles. The second-order valence-electron chi connectivity index (χ2n) is 7.13. The Morgan fingerprint density at radius 1 is 1.30 bits per heavy atom. The van der Waals surface area contributed by atoms with E-state index in [0.29, 0.717) is 24.8 Å². The predicted molar refractivity (Wildman–Crippen MR) is 89.9 cm³/mol. The molecule has 0 aliphatic carbocycles. The fraction of sp³-hybridized carbons (Fsp3) is 0.933. The van der Waals surface area contributed by atoms with Crippen molar-refractivity contribution in [2.45, 2.75) is 65.1 Å². The molecular formula is C15H32ClNO2Si. The zero-order valence-electron chi connectivity index (χ0n) is 14.0. The molecule has 5 heteroatoms. The van der Waals surface area contributed by atoms with Crippen LogP contribution in [0, 0.1) is 5.92 Å². The van der Waals surface area contributed by atoms with Gasteiger partial charge in [-0.25, -0.2) is 0 Å². The van der Waals surface area contributed by atoms with Crippen molar-refractivity contribution in [3.05, 3.63) is 0 Å². The highest BCUT2D eigenvalue weighted by molar-refractivity contribution is 6.74. The standard InChI is InChI=1S/C15H32ClNO2Si/c1-13(11-17-14(18)9-7-8-10-16)12-19-20(5,6)15(2,3)4/h13H,7-12H2,1-6H3,(H,17,18)/t13-/m0/s1. The van der Waals surface area contributed by atoms with Crippen molar-refractivity contribution in [2.75, 3.05) is 19.0 Å². The summed E-state index contributed by atoms with van der Waals surface area (Å²) in [5.41, 5.74) is 0. The monoisotopic (exact) mass is 321 g/mol. The first-order valence-corrected chi connectivity index (χ1v) is 11.0. The molecule has 0 fully saturated rings. The maximum Gasteiger partial charge on any atom is 0.220 e. The van der Waals surface area contributed by atoms with E-state index in [-0.39, 0.29) is 10.9 Å². The first-order valence-electron chi connectivity index (χ1n) is 7.57. The van der Waals surface area contributed by atoms with Crippen LogP contribution in [-0.4, -0.2) is 33.3 Å². The van der Waals surface area contributed by atoms with Crippen molar-refractivity contribution < 1.29 is 9.22 Å². The van der Waals surface area contributed by atoms with E-state index in [0.717, 1.165) is 19.4 Å². The third kappa shape index (κ3) is 8.27. The van der Waals surface area contributed by atoms with E-state index in [1.807, 2.05) is 0 Å². The number of rotatable bonds is 9. The van der Waals surface area contributed by atoms with Crippen LogP contribution in [0.2, 0.25) is 18.1 Å². The Morgan fingerprint density at radius 2 is 1.90 bits per heavy atom. The maximum atomic E-state index is 11.6. The second kappa shape index (κ2) is 9.06. The third-order valence-electron chi connectivity index (χ3n) is 3.97. The van der Waals surface area contributed by atoms with Gasteiger partial charge in [-0.15, -0.1) is 11.6 Å². The van der Waals surface area contributed by atoms with Crippen molar-refractivity contribution in [3.8, 4) is 0 Å². The SMILES string of the molecule is C[C@@H](CNC(=O)CCCCCl)CO[Si](C)(C)C(C)(C)C. The lowest BCUT2D eigenvalue weighted by atomic mass is 10.2. The van der Waals surface area contributed by atoms with Gasteiger partial charge in [0.25, 0.3) is 0 Å². The van der Waals surface area contributed by atoms with E-state index < -0.39 is 8.32 Å². The Labute approximate surface area is 130 Å². The van der Waals surface area contributed by atoms with Crippen LogP contribution in [0.3, 0.4) is 0 Å². The molecule has 0 heterocycles. The largest absolute Gasteiger partial charge is 0.416 e. The smallest absolute Gasteiger partial charge is 0.220 e. The van der Waals surface area contributed by atoms with Gasteiger partial charge in [0.1, 0.15) is 0 Å². The van der Waals surface area contributed by atoms with Crippen LogP contribution in [0.5, 0.6) is 0 Å². The van der Waals surface area contributed by atoms with Crippen LogP contribution in [0.15, 0.2) is 0 Å². The van der Waals surface area contributed by atoms with Gasteiger partial charge >= 0.3 is 0 Å². The number of carbonyl (C=O) groups excluding carboxylic acids is 1. The molecular weight excluding hydrogens is 290 g/mol. The first kappa shape index (κ1) is 19.9. The van der Waals surface area contributed by atoms with Crippen molar-refractivity contribution in [3.63, 3.8) is 0 Å². The minimum atomic E-state index is -1.68. The molecule has 0 unspecified atom stereocenters. The number of unbranched alkanes of at least 4 members (excludes halogenated alkanes) is 1. The molecule has 0 aromatic rings. The molecule has 0 aromatic carbocycles. The van der Waals surface area contributed by atoms with Crippen LogP contribution >= 0.6 is 11.6 Å². The first-order chi connectivity index (χ1) is 9.10. The Hall–Kier alpha value is -0.0631. The van der Waals surface area contributed by atoms with Crippen molar-refractivity contribution in [2.24, 2.45) is 5.92 Å². The number of hydrogen-bond donors (Lipinski definition) is 1. The lowest BCUT2D eigenvalue weighted by Crippen LogP contribution is -2.42. The van der Waals surface area contributed by atoms with Gasteiger partial charge in [0.15, 0.2) is 8.32 Å².